The van der Waals surface area contributed by atoms with Crippen molar-refractivity contribution in [2.45, 2.75) is 32.7 Å². The minimum Gasteiger partial charge on any atom is -0.310 e. The van der Waals surface area contributed by atoms with E-state index in [0.717, 1.165) is 29.8 Å². The van der Waals surface area contributed by atoms with Crippen molar-refractivity contribution in [2.24, 2.45) is 0 Å². The molecule has 1 unspecified atom stereocenters. The molecule has 18 heavy (non-hydrogen) atoms. The van der Waals surface area contributed by atoms with E-state index in [1.165, 1.54) is 10.9 Å². The monoisotopic (exact) mass is 261 g/mol. The third-order valence-corrected chi connectivity index (χ3v) is 3.66. The molecule has 0 amide bonds. The van der Waals surface area contributed by atoms with Gasteiger partial charge in [0.2, 0.25) is 0 Å². The zero-order valence-corrected chi connectivity index (χ0v) is 11.8. The molecule has 1 nitrogen and oxygen atoms in total. The van der Waals surface area contributed by atoms with Crippen LogP contribution in [0.5, 0.6) is 0 Å². The zero-order chi connectivity index (χ0) is 13.0. The van der Waals surface area contributed by atoms with Gasteiger partial charge in [0.15, 0.2) is 0 Å². The lowest BCUT2D eigenvalue weighted by atomic mass is 9.97. The van der Waals surface area contributed by atoms with E-state index in [1.54, 1.807) is 0 Å². The van der Waals surface area contributed by atoms with Gasteiger partial charge < -0.3 is 5.32 Å². The lowest BCUT2D eigenvalue weighted by Gasteiger charge is -2.19. The summed E-state index contributed by atoms with van der Waals surface area (Å²) in [7, 11) is 0. The van der Waals surface area contributed by atoms with Crippen molar-refractivity contribution in [2.75, 3.05) is 6.54 Å². The fourth-order valence-corrected chi connectivity index (χ4v) is 2.61. The standard InChI is InChI=1S/C16H20ClN/c1-3-11-18-16(4-2)14-9-10-15(17)13-8-6-5-7-12(13)14/h5-10,16,18H,3-4,11H2,1-2H3. The molecule has 2 aromatic rings. The summed E-state index contributed by atoms with van der Waals surface area (Å²) in [6.45, 7) is 5.46. The van der Waals surface area contributed by atoms with Crippen LogP contribution >= 0.6 is 11.6 Å². The van der Waals surface area contributed by atoms with Crippen molar-refractivity contribution in [1.82, 2.24) is 5.32 Å². The quantitative estimate of drug-likeness (QED) is 0.804. The van der Waals surface area contributed by atoms with E-state index in [1.807, 2.05) is 12.1 Å². The molecule has 0 saturated heterocycles. The predicted octanol–water partition coefficient (Wildman–Crippen LogP) is 4.94. The molecule has 0 fully saturated rings. The van der Waals surface area contributed by atoms with Crippen molar-refractivity contribution in [3.8, 4) is 0 Å². The van der Waals surface area contributed by atoms with Gasteiger partial charge in [-0.15, -0.1) is 0 Å². The van der Waals surface area contributed by atoms with Crippen LogP contribution in [0.1, 0.15) is 38.3 Å². The van der Waals surface area contributed by atoms with Crippen LogP contribution < -0.4 is 5.32 Å². The number of benzene rings is 2. The van der Waals surface area contributed by atoms with Crippen molar-refractivity contribution in [3.05, 3.63) is 47.0 Å². The number of halogens is 1. The molecule has 0 spiro atoms. The minimum atomic E-state index is 0.409. The molecule has 0 aromatic heterocycles. The van der Waals surface area contributed by atoms with Crippen LogP contribution in [0.2, 0.25) is 5.02 Å². The van der Waals surface area contributed by atoms with Gasteiger partial charge in [0.1, 0.15) is 0 Å². The Morgan fingerprint density at radius 2 is 1.78 bits per heavy atom. The third kappa shape index (κ3) is 2.68. The second-order valence-electron chi connectivity index (χ2n) is 4.60. The van der Waals surface area contributed by atoms with Crippen LogP contribution in [-0.4, -0.2) is 6.54 Å². The summed E-state index contributed by atoms with van der Waals surface area (Å²) < 4.78 is 0. The molecule has 0 radical (unpaired) electrons. The van der Waals surface area contributed by atoms with Gasteiger partial charge in [0.05, 0.1) is 0 Å². The van der Waals surface area contributed by atoms with Crippen molar-refractivity contribution in [3.63, 3.8) is 0 Å². The normalized spacial score (nSPS) is 12.8. The smallest absolute Gasteiger partial charge is 0.0484 e. The summed E-state index contributed by atoms with van der Waals surface area (Å²) in [6.07, 6.45) is 2.24. The van der Waals surface area contributed by atoms with Gasteiger partial charge in [-0.3, -0.25) is 0 Å². The Morgan fingerprint density at radius 3 is 2.44 bits per heavy atom. The number of rotatable bonds is 5. The largest absolute Gasteiger partial charge is 0.310 e. The van der Waals surface area contributed by atoms with Crippen molar-refractivity contribution >= 4 is 22.4 Å². The first-order chi connectivity index (χ1) is 8.77. The average molecular weight is 262 g/mol. The molecule has 0 aliphatic rings. The molecule has 0 saturated carbocycles. The van der Waals surface area contributed by atoms with Gasteiger partial charge in [-0.25, -0.2) is 0 Å². The van der Waals surface area contributed by atoms with Gasteiger partial charge in [-0.2, -0.15) is 0 Å². The van der Waals surface area contributed by atoms with Gasteiger partial charge in [-0.05, 0) is 36.4 Å². The Balaban J connectivity index is 2.46. The van der Waals surface area contributed by atoms with Crippen LogP contribution in [0.4, 0.5) is 0 Å². The molecular weight excluding hydrogens is 242 g/mol. The summed E-state index contributed by atoms with van der Waals surface area (Å²) in [6, 6.07) is 12.9. The van der Waals surface area contributed by atoms with Crippen LogP contribution in [-0.2, 0) is 0 Å². The molecule has 0 heterocycles. The van der Waals surface area contributed by atoms with Gasteiger partial charge in [0.25, 0.3) is 0 Å². The summed E-state index contributed by atoms with van der Waals surface area (Å²) in [4.78, 5) is 0. The third-order valence-electron chi connectivity index (χ3n) is 3.33. The fourth-order valence-electron chi connectivity index (χ4n) is 2.38. The van der Waals surface area contributed by atoms with Crippen LogP contribution in [0.3, 0.4) is 0 Å². The Bertz CT molecular complexity index is 521. The van der Waals surface area contributed by atoms with E-state index in [0.29, 0.717) is 6.04 Å². The SMILES string of the molecule is CCCNC(CC)c1ccc(Cl)c2ccccc12. The minimum absolute atomic E-state index is 0.409. The first-order valence-electron chi connectivity index (χ1n) is 6.68. The molecular formula is C16H20ClN. The molecule has 2 heteroatoms. The molecule has 0 aliphatic heterocycles. The van der Waals surface area contributed by atoms with Crippen molar-refractivity contribution in [1.29, 1.82) is 0 Å². The highest BCUT2D eigenvalue weighted by Gasteiger charge is 2.12. The molecule has 0 bridgehead atoms. The van der Waals surface area contributed by atoms with Crippen LogP contribution in [0.15, 0.2) is 36.4 Å². The summed E-state index contributed by atoms with van der Waals surface area (Å²) in [5.74, 6) is 0. The van der Waals surface area contributed by atoms with Crippen LogP contribution in [0.25, 0.3) is 10.8 Å². The Kier molecular flexibility index (Phi) is 4.62. The van der Waals surface area contributed by atoms with Gasteiger partial charge in [0, 0.05) is 16.5 Å². The van der Waals surface area contributed by atoms with E-state index in [-0.39, 0.29) is 0 Å². The van der Waals surface area contributed by atoms with E-state index < -0.39 is 0 Å². The first-order valence-corrected chi connectivity index (χ1v) is 7.06. The second kappa shape index (κ2) is 6.21. The lowest BCUT2D eigenvalue weighted by Crippen LogP contribution is -2.21. The summed E-state index contributed by atoms with van der Waals surface area (Å²) in [5, 5.41) is 6.85. The van der Waals surface area contributed by atoms with E-state index in [4.69, 9.17) is 11.6 Å². The molecule has 2 rings (SSSR count). The highest BCUT2D eigenvalue weighted by atomic mass is 35.5. The Labute approximate surface area is 114 Å². The Morgan fingerprint density at radius 1 is 1.06 bits per heavy atom. The maximum atomic E-state index is 6.26. The van der Waals surface area contributed by atoms with Gasteiger partial charge in [-0.1, -0.05) is 55.8 Å². The Hall–Kier alpha value is -1.05. The molecule has 2 aromatic carbocycles. The topological polar surface area (TPSA) is 12.0 Å². The number of hydrogen-bond acceptors (Lipinski definition) is 1. The van der Waals surface area contributed by atoms with Gasteiger partial charge >= 0.3 is 0 Å². The molecule has 1 N–H and O–H groups in total. The maximum Gasteiger partial charge on any atom is 0.0484 e. The van der Waals surface area contributed by atoms with Crippen molar-refractivity contribution < 1.29 is 0 Å². The fraction of sp³-hybridized carbons (Fsp3) is 0.375. The van der Waals surface area contributed by atoms with E-state index >= 15 is 0 Å². The highest BCUT2D eigenvalue weighted by molar-refractivity contribution is 6.35. The zero-order valence-electron chi connectivity index (χ0n) is 11.0. The van der Waals surface area contributed by atoms with E-state index in [9.17, 15) is 0 Å². The number of fused-ring (bicyclic) bond motifs is 1. The molecule has 96 valence electrons. The predicted molar refractivity (Wildman–Crippen MR) is 80.3 cm³/mol. The van der Waals surface area contributed by atoms with E-state index in [2.05, 4.69) is 43.4 Å². The number of hydrogen-bond donors (Lipinski definition) is 1. The molecule has 1 atom stereocenters. The first kappa shape index (κ1) is 13.4. The summed E-state index contributed by atoms with van der Waals surface area (Å²) >= 11 is 6.26. The lowest BCUT2D eigenvalue weighted by molar-refractivity contribution is 0.521. The second-order valence-corrected chi connectivity index (χ2v) is 5.00. The van der Waals surface area contributed by atoms with Crippen LogP contribution in [0, 0.1) is 0 Å². The highest BCUT2D eigenvalue weighted by Crippen LogP contribution is 2.31. The number of nitrogens with one attached hydrogen (secondary N) is 1. The summed E-state index contributed by atoms with van der Waals surface area (Å²) in [5.41, 5.74) is 1.35. The molecule has 0 aliphatic carbocycles. The maximum absolute atomic E-state index is 6.26. The average Bonchev–Trinajstić information content (AvgIpc) is 2.42.